The van der Waals surface area contributed by atoms with Gasteiger partial charge < -0.3 is 14.7 Å². The molecule has 2 aromatic rings. The summed E-state index contributed by atoms with van der Waals surface area (Å²) in [5.74, 6) is -0.360. The summed E-state index contributed by atoms with van der Waals surface area (Å²) in [6.45, 7) is 0.391. The van der Waals surface area contributed by atoms with Crippen LogP contribution in [0.15, 0.2) is 30.5 Å². The molecule has 8 heteroatoms. The number of carbonyl (C=O) groups is 1. The van der Waals surface area contributed by atoms with Gasteiger partial charge in [-0.1, -0.05) is 12.1 Å². The van der Waals surface area contributed by atoms with Crippen LogP contribution in [0.4, 0.5) is 8.78 Å². The van der Waals surface area contributed by atoms with Gasteiger partial charge in [0.25, 0.3) is 5.91 Å². The van der Waals surface area contributed by atoms with Crippen LogP contribution in [0.5, 0.6) is 5.75 Å². The van der Waals surface area contributed by atoms with Crippen LogP contribution in [0.2, 0.25) is 0 Å². The number of carbonyl (C=O) groups excluding carboxylic acids is 1. The second-order valence-electron chi connectivity index (χ2n) is 6.04. The molecular formula is C16H19F2N3O3. The Morgan fingerprint density at radius 2 is 2.17 bits per heavy atom. The molecular weight excluding hydrogens is 320 g/mol. The number of aromatic nitrogens is 2. The van der Waals surface area contributed by atoms with Crippen molar-refractivity contribution < 1.29 is 23.4 Å². The normalized spacial score (nSPS) is 11.6. The number of H-pyrrole nitrogens is 1. The van der Waals surface area contributed by atoms with Gasteiger partial charge in [-0.2, -0.15) is 13.9 Å². The highest BCUT2D eigenvalue weighted by Gasteiger charge is 2.24. The number of nitrogens with zero attached hydrogens (tertiary/aromatic N) is 2. The van der Waals surface area contributed by atoms with Crippen molar-refractivity contribution in [2.75, 3.05) is 13.6 Å². The molecule has 0 radical (unpaired) electrons. The molecule has 1 aromatic heterocycles. The lowest BCUT2D eigenvalue weighted by Crippen LogP contribution is -2.39. The standard InChI is InChI=1S/C16H19F2N3O3/c1-16(2,23)9-21(3)14(22)12-8-19-20-13(12)10-5-4-6-11(7-10)24-15(17)18/h4-8,15,23H,9H2,1-3H3,(H,19,20). The Hall–Kier alpha value is -2.48. The van der Waals surface area contributed by atoms with E-state index in [-0.39, 0.29) is 23.8 Å². The first-order valence-electron chi connectivity index (χ1n) is 7.24. The minimum atomic E-state index is -2.93. The van der Waals surface area contributed by atoms with E-state index in [1.165, 1.54) is 23.2 Å². The number of alkyl halides is 2. The number of nitrogens with one attached hydrogen (secondary N) is 1. The van der Waals surface area contributed by atoms with Crippen molar-refractivity contribution in [3.05, 3.63) is 36.0 Å². The maximum Gasteiger partial charge on any atom is 0.387 e. The molecule has 0 unspecified atom stereocenters. The molecule has 0 aliphatic heterocycles. The molecule has 0 saturated carbocycles. The van der Waals surface area contributed by atoms with Crippen molar-refractivity contribution in [2.45, 2.75) is 26.1 Å². The fourth-order valence-corrected chi connectivity index (χ4v) is 2.35. The Morgan fingerprint density at radius 1 is 1.46 bits per heavy atom. The summed E-state index contributed by atoms with van der Waals surface area (Å²) in [6.07, 6.45) is 1.36. The zero-order valence-corrected chi connectivity index (χ0v) is 13.6. The third-order valence-electron chi connectivity index (χ3n) is 3.19. The molecule has 0 atom stereocenters. The largest absolute Gasteiger partial charge is 0.435 e. The van der Waals surface area contributed by atoms with Gasteiger partial charge in [0, 0.05) is 19.2 Å². The van der Waals surface area contributed by atoms with Gasteiger partial charge in [-0.15, -0.1) is 0 Å². The van der Waals surface area contributed by atoms with Gasteiger partial charge in [0.2, 0.25) is 0 Å². The number of aromatic amines is 1. The molecule has 24 heavy (non-hydrogen) atoms. The maximum absolute atomic E-state index is 12.5. The minimum Gasteiger partial charge on any atom is -0.435 e. The van der Waals surface area contributed by atoms with Gasteiger partial charge in [-0.05, 0) is 26.0 Å². The first-order chi connectivity index (χ1) is 11.2. The number of hydrogen-bond donors (Lipinski definition) is 2. The first-order valence-corrected chi connectivity index (χ1v) is 7.24. The maximum atomic E-state index is 12.5. The number of halogens is 2. The molecule has 2 N–H and O–H groups in total. The summed E-state index contributed by atoms with van der Waals surface area (Å²) < 4.78 is 29.0. The molecule has 130 valence electrons. The molecule has 0 spiro atoms. The molecule has 0 saturated heterocycles. The second-order valence-corrected chi connectivity index (χ2v) is 6.04. The average Bonchev–Trinajstić information content (AvgIpc) is 2.93. The third kappa shape index (κ3) is 4.51. The highest BCUT2D eigenvalue weighted by Crippen LogP contribution is 2.26. The van der Waals surface area contributed by atoms with Crippen molar-refractivity contribution in [3.8, 4) is 17.0 Å². The highest BCUT2D eigenvalue weighted by molar-refractivity contribution is 5.99. The van der Waals surface area contributed by atoms with E-state index in [9.17, 15) is 18.7 Å². The molecule has 1 heterocycles. The Kier molecular flexibility index (Phi) is 5.18. The number of amides is 1. The van der Waals surface area contributed by atoms with E-state index in [0.29, 0.717) is 11.3 Å². The Bertz CT molecular complexity index is 711. The fourth-order valence-electron chi connectivity index (χ4n) is 2.35. The van der Waals surface area contributed by atoms with Crippen molar-refractivity contribution >= 4 is 5.91 Å². The van der Waals surface area contributed by atoms with Crippen molar-refractivity contribution in [1.82, 2.24) is 15.1 Å². The van der Waals surface area contributed by atoms with Crippen LogP contribution in [-0.2, 0) is 0 Å². The number of ether oxygens (including phenoxy) is 1. The highest BCUT2D eigenvalue weighted by atomic mass is 19.3. The summed E-state index contributed by atoms with van der Waals surface area (Å²) in [7, 11) is 1.56. The summed E-state index contributed by atoms with van der Waals surface area (Å²) in [5, 5.41) is 16.4. The quantitative estimate of drug-likeness (QED) is 0.848. The van der Waals surface area contributed by atoms with Crippen LogP contribution >= 0.6 is 0 Å². The van der Waals surface area contributed by atoms with Crippen LogP contribution in [0.25, 0.3) is 11.3 Å². The Balaban J connectivity index is 2.29. The lowest BCUT2D eigenvalue weighted by Gasteiger charge is -2.25. The van der Waals surface area contributed by atoms with E-state index in [1.54, 1.807) is 33.0 Å². The summed E-state index contributed by atoms with van der Waals surface area (Å²) in [5.41, 5.74) is 0.114. The monoisotopic (exact) mass is 339 g/mol. The smallest absolute Gasteiger partial charge is 0.387 e. The van der Waals surface area contributed by atoms with E-state index in [2.05, 4.69) is 14.9 Å². The van der Waals surface area contributed by atoms with E-state index >= 15 is 0 Å². The minimum absolute atomic E-state index is 0.0136. The van der Waals surface area contributed by atoms with E-state index in [4.69, 9.17) is 0 Å². The van der Waals surface area contributed by atoms with Crippen LogP contribution < -0.4 is 4.74 Å². The van der Waals surface area contributed by atoms with Gasteiger partial charge in [-0.25, -0.2) is 0 Å². The van der Waals surface area contributed by atoms with Gasteiger partial charge in [0.05, 0.1) is 23.1 Å². The Morgan fingerprint density at radius 3 is 2.79 bits per heavy atom. The Labute approximate surface area is 138 Å². The average molecular weight is 339 g/mol. The number of rotatable bonds is 6. The van der Waals surface area contributed by atoms with Crippen LogP contribution in [0, 0.1) is 0 Å². The molecule has 2 rings (SSSR count). The SMILES string of the molecule is CN(CC(C)(C)O)C(=O)c1cn[nH]c1-c1cccc(OC(F)F)c1. The predicted octanol–water partition coefficient (Wildman–Crippen LogP) is 2.52. The molecule has 0 aliphatic carbocycles. The molecule has 6 nitrogen and oxygen atoms in total. The van der Waals surface area contributed by atoms with Crippen LogP contribution in [0.1, 0.15) is 24.2 Å². The van der Waals surface area contributed by atoms with E-state index in [0.717, 1.165) is 0 Å². The molecule has 1 amide bonds. The van der Waals surface area contributed by atoms with Crippen molar-refractivity contribution in [2.24, 2.45) is 0 Å². The van der Waals surface area contributed by atoms with Gasteiger partial charge in [0.1, 0.15) is 5.75 Å². The van der Waals surface area contributed by atoms with Gasteiger partial charge in [0.15, 0.2) is 0 Å². The zero-order chi connectivity index (χ0) is 17.9. The molecule has 0 aliphatic rings. The summed E-state index contributed by atoms with van der Waals surface area (Å²) in [6, 6.07) is 5.99. The fraction of sp³-hybridized carbons (Fsp3) is 0.375. The van der Waals surface area contributed by atoms with Crippen LogP contribution in [-0.4, -0.2) is 51.9 Å². The van der Waals surface area contributed by atoms with Crippen LogP contribution in [0.3, 0.4) is 0 Å². The lowest BCUT2D eigenvalue weighted by molar-refractivity contribution is -0.0498. The number of likely N-dealkylation sites (N-methyl/N-ethyl adjacent to an activating group) is 1. The lowest BCUT2D eigenvalue weighted by atomic mass is 10.1. The number of hydrogen-bond acceptors (Lipinski definition) is 4. The topological polar surface area (TPSA) is 78.5 Å². The first kappa shape index (κ1) is 17.9. The molecule has 0 bridgehead atoms. The van der Waals surface area contributed by atoms with E-state index < -0.39 is 12.2 Å². The third-order valence-corrected chi connectivity index (χ3v) is 3.19. The zero-order valence-electron chi connectivity index (χ0n) is 13.6. The predicted molar refractivity (Wildman–Crippen MR) is 83.9 cm³/mol. The summed E-state index contributed by atoms with van der Waals surface area (Å²) >= 11 is 0. The van der Waals surface area contributed by atoms with Crippen molar-refractivity contribution in [3.63, 3.8) is 0 Å². The molecule has 0 fully saturated rings. The number of aliphatic hydroxyl groups is 1. The second kappa shape index (κ2) is 6.96. The van der Waals surface area contributed by atoms with Gasteiger partial charge in [-0.3, -0.25) is 9.89 Å². The van der Waals surface area contributed by atoms with E-state index in [1.807, 2.05) is 0 Å². The number of benzene rings is 1. The molecule has 1 aromatic carbocycles. The van der Waals surface area contributed by atoms with Crippen molar-refractivity contribution in [1.29, 1.82) is 0 Å². The van der Waals surface area contributed by atoms with Gasteiger partial charge >= 0.3 is 6.61 Å². The summed E-state index contributed by atoms with van der Waals surface area (Å²) in [4.78, 5) is 13.9.